The summed E-state index contributed by atoms with van der Waals surface area (Å²) in [5.74, 6) is 0.0402. The summed E-state index contributed by atoms with van der Waals surface area (Å²) >= 11 is 2.07. The van der Waals surface area contributed by atoms with Gasteiger partial charge in [-0.15, -0.1) is 0 Å². The number of rotatable bonds is 3. The molecule has 0 unspecified atom stereocenters. The Balaban J connectivity index is 2.85. The number of aliphatic imine (C=N–C) groups is 1. The van der Waals surface area contributed by atoms with Crippen LogP contribution >= 0.6 is 22.6 Å². The number of nitrogens with zero attached hydrogens (tertiary/aromatic N) is 1. The van der Waals surface area contributed by atoms with E-state index in [1.165, 1.54) is 6.07 Å². The van der Waals surface area contributed by atoms with Crippen molar-refractivity contribution in [1.82, 2.24) is 0 Å². The Kier molecular flexibility index (Phi) is 4.15. The van der Waals surface area contributed by atoms with Gasteiger partial charge in [0.1, 0.15) is 5.75 Å². The quantitative estimate of drug-likeness (QED) is 0.364. The lowest BCUT2D eigenvalue weighted by Gasteiger charge is -2.10. The maximum atomic E-state index is 9.74. The van der Waals surface area contributed by atoms with Gasteiger partial charge in [-0.3, -0.25) is 4.99 Å². The van der Waals surface area contributed by atoms with Crippen LogP contribution in [0.5, 0.6) is 5.75 Å². The number of nitrogens with two attached hydrogens (primary N) is 2. The summed E-state index contributed by atoms with van der Waals surface area (Å²) in [6.07, 6.45) is -0.814. The van der Waals surface area contributed by atoms with Gasteiger partial charge in [0, 0.05) is 3.57 Å². The second-order valence-corrected chi connectivity index (χ2v) is 4.15. The van der Waals surface area contributed by atoms with E-state index >= 15 is 0 Å². The summed E-state index contributed by atoms with van der Waals surface area (Å²) in [6, 6.07) is 4.76. The molecular formula is C9H12IN3O2. The Labute approximate surface area is 101 Å². The summed E-state index contributed by atoms with van der Waals surface area (Å²) in [5, 5.41) is 19.0. The number of aromatic hydroxyl groups is 1. The highest BCUT2D eigenvalue weighted by Crippen LogP contribution is 2.24. The second kappa shape index (κ2) is 5.17. The van der Waals surface area contributed by atoms with Crippen molar-refractivity contribution < 1.29 is 10.2 Å². The van der Waals surface area contributed by atoms with Crippen LogP contribution in [-0.4, -0.2) is 22.7 Å². The molecule has 0 fully saturated rings. The van der Waals surface area contributed by atoms with Gasteiger partial charge in [-0.25, -0.2) is 0 Å². The van der Waals surface area contributed by atoms with Crippen molar-refractivity contribution in [2.45, 2.75) is 6.10 Å². The fourth-order valence-electron chi connectivity index (χ4n) is 1.08. The minimum atomic E-state index is -0.814. The van der Waals surface area contributed by atoms with Crippen LogP contribution in [0.2, 0.25) is 0 Å². The third-order valence-electron chi connectivity index (χ3n) is 1.79. The molecule has 5 nitrogen and oxygen atoms in total. The Hall–Kier alpha value is -1.02. The lowest BCUT2D eigenvalue weighted by Crippen LogP contribution is -2.23. The standard InChI is InChI=1S/C9H12IN3O2/c10-7-2-1-5(14)3-6(7)8(15)4-13-9(11)12/h1-3,8,14-15H,4H2,(H4,11,12,13)/t8-/m0/s1/i10+4. The number of guanidine groups is 1. The van der Waals surface area contributed by atoms with Gasteiger partial charge in [-0.2, -0.15) is 0 Å². The molecule has 1 atom stereocenters. The highest BCUT2D eigenvalue weighted by atomic mass is 131. The summed E-state index contributed by atoms with van der Waals surface area (Å²) in [5.41, 5.74) is 10.9. The molecule has 1 rings (SSSR count). The van der Waals surface area contributed by atoms with E-state index in [1.54, 1.807) is 12.1 Å². The van der Waals surface area contributed by atoms with Gasteiger partial charge >= 0.3 is 0 Å². The monoisotopic (exact) mass is 325 g/mol. The molecule has 0 saturated heterocycles. The average Bonchev–Trinajstić information content (AvgIpc) is 2.18. The molecule has 6 N–H and O–H groups in total. The Morgan fingerprint density at radius 1 is 1.47 bits per heavy atom. The molecule has 0 amide bonds. The Bertz CT molecular complexity index is 378. The fraction of sp³-hybridized carbons (Fsp3) is 0.222. The van der Waals surface area contributed by atoms with E-state index < -0.39 is 6.10 Å². The SMILES string of the molecule is NC(N)=NC[C@H](O)c1cc(O)ccc1[131I]. The van der Waals surface area contributed by atoms with E-state index in [0.29, 0.717) is 5.56 Å². The van der Waals surface area contributed by atoms with E-state index in [0.717, 1.165) is 3.57 Å². The zero-order valence-corrected chi connectivity index (χ0v) is 10.0. The minimum absolute atomic E-state index is 0.0655. The normalized spacial score (nSPS) is 12.1. The summed E-state index contributed by atoms with van der Waals surface area (Å²) < 4.78 is 0.851. The van der Waals surface area contributed by atoms with Gasteiger partial charge in [-0.05, 0) is 46.4 Å². The number of aliphatic hydroxyl groups is 1. The van der Waals surface area contributed by atoms with Crippen LogP contribution in [0.25, 0.3) is 0 Å². The first-order valence-corrected chi connectivity index (χ1v) is 5.30. The lowest BCUT2D eigenvalue weighted by atomic mass is 10.1. The third-order valence-corrected chi connectivity index (χ3v) is 2.77. The molecule has 15 heavy (non-hydrogen) atoms. The van der Waals surface area contributed by atoms with E-state index in [4.69, 9.17) is 11.5 Å². The van der Waals surface area contributed by atoms with Crippen molar-refractivity contribution in [3.63, 3.8) is 0 Å². The highest BCUT2D eigenvalue weighted by Gasteiger charge is 2.11. The molecule has 0 bridgehead atoms. The van der Waals surface area contributed by atoms with Crippen LogP contribution in [0.15, 0.2) is 23.2 Å². The summed E-state index contributed by atoms with van der Waals surface area (Å²) in [6.45, 7) is 0.0851. The molecular weight excluding hydrogens is 313 g/mol. The van der Waals surface area contributed by atoms with Gasteiger partial charge in [-0.1, -0.05) is 0 Å². The second-order valence-electron chi connectivity index (χ2n) is 2.99. The molecule has 0 saturated carbocycles. The molecule has 0 aliphatic heterocycles. The van der Waals surface area contributed by atoms with Crippen LogP contribution in [-0.2, 0) is 0 Å². The van der Waals surface area contributed by atoms with Gasteiger partial charge in [0.15, 0.2) is 5.96 Å². The third kappa shape index (κ3) is 3.56. The Morgan fingerprint density at radius 3 is 2.73 bits per heavy atom. The largest absolute Gasteiger partial charge is 0.508 e. The van der Waals surface area contributed by atoms with Crippen molar-refractivity contribution in [2.24, 2.45) is 16.5 Å². The van der Waals surface area contributed by atoms with Crippen LogP contribution < -0.4 is 11.5 Å². The number of halogens is 1. The first kappa shape index (κ1) is 12.1. The molecule has 82 valence electrons. The average molecular weight is 325 g/mol. The van der Waals surface area contributed by atoms with E-state index in [9.17, 15) is 10.2 Å². The number of aliphatic hydroxyl groups excluding tert-OH is 1. The van der Waals surface area contributed by atoms with Gasteiger partial charge < -0.3 is 21.7 Å². The van der Waals surface area contributed by atoms with Crippen molar-refractivity contribution >= 4 is 28.6 Å². The molecule has 0 aromatic heterocycles. The minimum Gasteiger partial charge on any atom is -0.508 e. The van der Waals surface area contributed by atoms with E-state index in [1.807, 2.05) is 0 Å². The number of phenolic OH excluding ortho intramolecular Hbond substituents is 1. The lowest BCUT2D eigenvalue weighted by molar-refractivity contribution is 0.186. The topological polar surface area (TPSA) is 105 Å². The maximum absolute atomic E-state index is 9.74. The number of hydrogen-bond donors (Lipinski definition) is 4. The first-order valence-electron chi connectivity index (χ1n) is 4.22. The zero-order chi connectivity index (χ0) is 11.4. The van der Waals surface area contributed by atoms with E-state index in [2.05, 4.69) is 27.6 Å². The maximum Gasteiger partial charge on any atom is 0.186 e. The molecule has 1 aromatic rings. The van der Waals surface area contributed by atoms with Gasteiger partial charge in [0.05, 0.1) is 12.6 Å². The van der Waals surface area contributed by atoms with Gasteiger partial charge in [0.25, 0.3) is 0 Å². The summed E-state index contributed by atoms with van der Waals surface area (Å²) in [4.78, 5) is 3.71. The van der Waals surface area contributed by atoms with Crippen LogP contribution in [0, 0.1) is 3.57 Å². The van der Waals surface area contributed by atoms with Crippen molar-refractivity contribution in [1.29, 1.82) is 0 Å². The van der Waals surface area contributed by atoms with Crippen LogP contribution in [0.3, 0.4) is 0 Å². The molecule has 0 spiro atoms. The molecule has 6 heteroatoms. The Morgan fingerprint density at radius 2 is 2.13 bits per heavy atom. The van der Waals surface area contributed by atoms with Crippen molar-refractivity contribution in [3.8, 4) is 5.75 Å². The molecule has 1 aromatic carbocycles. The molecule has 0 heterocycles. The predicted octanol–water partition coefficient (Wildman–Crippen LogP) is 0.304. The molecule has 0 radical (unpaired) electrons. The number of hydrogen-bond acceptors (Lipinski definition) is 3. The summed E-state index contributed by atoms with van der Waals surface area (Å²) in [7, 11) is 0. The smallest absolute Gasteiger partial charge is 0.186 e. The molecule has 0 aliphatic rings. The zero-order valence-electron chi connectivity index (χ0n) is 7.89. The fourth-order valence-corrected chi connectivity index (χ4v) is 1.77. The number of benzene rings is 1. The number of phenols is 1. The predicted molar refractivity (Wildman–Crippen MR) is 66.5 cm³/mol. The first-order chi connectivity index (χ1) is 7.00. The van der Waals surface area contributed by atoms with Crippen molar-refractivity contribution in [3.05, 3.63) is 27.3 Å². The van der Waals surface area contributed by atoms with Crippen LogP contribution in [0.1, 0.15) is 11.7 Å². The van der Waals surface area contributed by atoms with Crippen molar-refractivity contribution in [2.75, 3.05) is 6.54 Å². The van der Waals surface area contributed by atoms with Gasteiger partial charge in [0.2, 0.25) is 0 Å². The van der Waals surface area contributed by atoms with Crippen LogP contribution in [0.4, 0.5) is 0 Å². The molecule has 0 aliphatic carbocycles. The van der Waals surface area contributed by atoms with E-state index in [-0.39, 0.29) is 18.3 Å². The highest BCUT2D eigenvalue weighted by molar-refractivity contribution is 14.1.